The van der Waals surface area contributed by atoms with E-state index in [1.165, 1.54) is 6.07 Å². The molecule has 0 radical (unpaired) electrons. The molecule has 0 saturated heterocycles. The molecule has 0 fully saturated rings. The highest BCUT2D eigenvalue weighted by Crippen LogP contribution is 2.26. The molecule has 3 N–H and O–H groups in total. The van der Waals surface area contributed by atoms with Crippen LogP contribution >= 0.6 is 0 Å². The molecule has 0 atom stereocenters. The summed E-state index contributed by atoms with van der Waals surface area (Å²) in [4.78, 5) is 4.20. The summed E-state index contributed by atoms with van der Waals surface area (Å²) in [6, 6.07) is 4.86. The SMILES string of the molecule is Cc1nc(CCNc2cccc(S(C)(=O)=O)c2N)no1. The number of anilines is 2. The van der Waals surface area contributed by atoms with Crippen molar-refractivity contribution in [2.45, 2.75) is 18.2 Å². The summed E-state index contributed by atoms with van der Waals surface area (Å²) in [5.41, 5.74) is 6.66. The summed E-state index contributed by atoms with van der Waals surface area (Å²) in [6.07, 6.45) is 1.68. The van der Waals surface area contributed by atoms with Crippen molar-refractivity contribution < 1.29 is 12.9 Å². The third-order valence-corrected chi connectivity index (χ3v) is 3.85. The fraction of sp³-hybridized carbons (Fsp3) is 0.333. The lowest BCUT2D eigenvalue weighted by Gasteiger charge is -2.11. The molecule has 0 spiro atoms. The second-order valence-electron chi connectivity index (χ2n) is 4.40. The van der Waals surface area contributed by atoms with E-state index in [9.17, 15) is 8.42 Å². The maximum Gasteiger partial charge on any atom is 0.223 e. The number of nitrogens with two attached hydrogens (primary N) is 1. The molecule has 8 heteroatoms. The summed E-state index contributed by atoms with van der Waals surface area (Å²) >= 11 is 0. The van der Waals surface area contributed by atoms with Crippen LogP contribution in [0, 0.1) is 6.92 Å². The van der Waals surface area contributed by atoms with Crippen LogP contribution in [0.25, 0.3) is 0 Å². The molecule has 0 aliphatic carbocycles. The zero-order chi connectivity index (χ0) is 14.8. The van der Waals surface area contributed by atoms with Gasteiger partial charge in [0.05, 0.1) is 16.3 Å². The zero-order valence-electron chi connectivity index (χ0n) is 11.3. The Hall–Kier alpha value is -2.09. The molecule has 0 bridgehead atoms. The average molecular weight is 296 g/mol. The van der Waals surface area contributed by atoms with Crippen molar-refractivity contribution in [3.8, 4) is 0 Å². The quantitative estimate of drug-likeness (QED) is 0.792. The molecule has 0 aliphatic rings. The van der Waals surface area contributed by atoms with Crippen molar-refractivity contribution in [3.05, 3.63) is 29.9 Å². The lowest BCUT2D eigenvalue weighted by Crippen LogP contribution is -2.10. The number of nitrogen functional groups attached to an aromatic ring is 1. The van der Waals surface area contributed by atoms with Gasteiger partial charge in [-0.15, -0.1) is 0 Å². The third kappa shape index (κ3) is 3.27. The molecule has 20 heavy (non-hydrogen) atoms. The van der Waals surface area contributed by atoms with Crippen molar-refractivity contribution >= 4 is 21.2 Å². The third-order valence-electron chi connectivity index (χ3n) is 2.70. The van der Waals surface area contributed by atoms with E-state index in [4.69, 9.17) is 10.3 Å². The number of sulfone groups is 1. The molecular formula is C12H16N4O3S. The molecule has 7 nitrogen and oxygen atoms in total. The van der Waals surface area contributed by atoms with Crippen molar-refractivity contribution in [2.24, 2.45) is 0 Å². The lowest BCUT2D eigenvalue weighted by molar-refractivity contribution is 0.387. The Kier molecular flexibility index (Phi) is 3.93. The molecule has 108 valence electrons. The van der Waals surface area contributed by atoms with Gasteiger partial charge in [0.2, 0.25) is 5.89 Å². The van der Waals surface area contributed by atoms with Crippen LogP contribution in [-0.4, -0.2) is 31.4 Å². The molecule has 1 heterocycles. The number of benzene rings is 1. The van der Waals surface area contributed by atoms with E-state index in [0.29, 0.717) is 30.4 Å². The second-order valence-corrected chi connectivity index (χ2v) is 6.38. The fourth-order valence-electron chi connectivity index (χ4n) is 1.77. The number of nitrogens with one attached hydrogen (secondary N) is 1. The molecule has 2 rings (SSSR count). The van der Waals surface area contributed by atoms with E-state index < -0.39 is 9.84 Å². The topological polar surface area (TPSA) is 111 Å². The Morgan fingerprint density at radius 1 is 1.40 bits per heavy atom. The Labute approximate surface area is 117 Å². The van der Waals surface area contributed by atoms with Gasteiger partial charge < -0.3 is 15.6 Å². The first-order valence-electron chi connectivity index (χ1n) is 5.99. The largest absolute Gasteiger partial charge is 0.396 e. The van der Waals surface area contributed by atoms with Crippen LogP contribution in [0.5, 0.6) is 0 Å². The standard InChI is InChI=1S/C12H16N4O3S/c1-8-15-11(16-19-8)6-7-14-9-4-3-5-10(12(9)13)20(2,17)18/h3-5,14H,6-7,13H2,1-2H3. The smallest absolute Gasteiger partial charge is 0.223 e. The van der Waals surface area contributed by atoms with Crippen molar-refractivity contribution in [1.82, 2.24) is 10.1 Å². The number of para-hydroxylation sites is 1. The minimum Gasteiger partial charge on any atom is -0.396 e. The molecule has 0 aliphatic heterocycles. The van der Waals surface area contributed by atoms with Gasteiger partial charge in [-0.25, -0.2) is 8.42 Å². The molecule has 1 aromatic carbocycles. The maximum atomic E-state index is 11.6. The molecule has 1 aromatic heterocycles. The maximum absolute atomic E-state index is 11.6. The van der Waals surface area contributed by atoms with Crippen LogP contribution < -0.4 is 11.1 Å². The van der Waals surface area contributed by atoms with Crippen LogP contribution in [-0.2, 0) is 16.3 Å². The van der Waals surface area contributed by atoms with Gasteiger partial charge in [0.1, 0.15) is 0 Å². The van der Waals surface area contributed by atoms with Gasteiger partial charge in [-0.05, 0) is 12.1 Å². The highest BCUT2D eigenvalue weighted by atomic mass is 32.2. The number of hydrogen-bond acceptors (Lipinski definition) is 7. The number of aryl methyl sites for hydroxylation is 1. The van der Waals surface area contributed by atoms with Crippen LogP contribution in [0.2, 0.25) is 0 Å². The van der Waals surface area contributed by atoms with Gasteiger partial charge >= 0.3 is 0 Å². The molecule has 0 amide bonds. The van der Waals surface area contributed by atoms with Gasteiger partial charge in [-0.1, -0.05) is 11.2 Å². The predicted octanol–water partition coefficient (Wildman–Crippen LogP) is 1.02. The Bertz CT molecular complexity index is 709. The van der Waals surface area contributed by atoms with Crippen molar-refractivity contribution in [1.29, 1.82) is 0 Å². The molecule has 2 aromatic rings. The molecular weight excluding hydrogens is 280 g/mol. The van der Waals surface area contributed by atoms with Gasteiger partial charge in [0, 0.05) is 26.1 Å². The normalized spacial score (nSPS) is 11.5. The summed E-state index contributed by atoms with van der Waals surface area (Å²) in [5, 5.41) is 6.85. The summed E-state index contributed by atoms with van der Waals surface area (Å²) in [7, 11) is -3.33. The van der Waals surface area contributed by atoms with Crippen LogP contribution in [0.3, 0.4) is 0 Å². The minimum absolute atomic E-state index is 0.123. The van der Waals surface area contributed by atoms with Gasteiger partial charge in [-0.2, -0.15) is 4.98 Å². The molecule has 0 saturated carbocycles. The number of nitrogens with zero attached hydrogens (tertiary/aromatic N) is 2. The first-order valence-corrected chi connectivity index (χ1v) is 7.88. The van der Waals surface area contributed by atoms with Crippen LogP contribution in [0.15, 0.2) is 27.6 Å². The number of hydrogen-bond donors (Lipinski definition) is 2. The molecule has 0 unspecified atom stereocenters. The van der Waals surface area contributed by atoms with Crippen molar-refractivity contribution in [2.75, 3.05) is 23.9 Å². The highest BCUT2D eigenvalue weighted by molar-refractivity contribution is 7.90. The van der Waals surface area contributed by atoms with E-state index >= 15 is 0 Å². The monoisotopic (exact) mass is 296 g/mol. The predicted molar refractivity (Wildman–Crippen MR) is 75.2 cm³/mol. The fourth-order valence-corrected chi connectivity index (χ4v) is 2.61. The van der Waals surface area contributed by atoms with Gasteiger partial charge in [-0.3, -0.25) is 0 Å². The zero-order valence-corrected chi connectivity index (χ0v) is 12.1. The van der Waals surface area contributed by atoms with Gasteiger partial charge in [0.15, 0.2) is 15.7 Å². The number of aromatic nitrogens is 2. The first-order chi connectivity index (χ1) is 9.38. The van der Waals surface area contributed by atoms with E-state index in [1.807, 2.05) is 0 Å². The highest BCUT2D eigenvalue weighted by Gasteiger charge is 2.13. The summed E-state index contributed by atoms with van der Waals surface area (Å²) in [5.74, 6) is 1.10. The lowest BCUT2D eigenvalue weighted by atomic mass is 10.2. The van der Waals surface area contributed by atoms with Gasteiger partial charge in [0.25, 0.3) is 0 Å². The second kappa shape index (κ2) is 5.49. The van der Waals surface area contributed by atoms with E-state index in [1.54, 1.807) is 19.1 Å². The van der Waals surface area contributed by atoms with E-state index in [0.717, 1.165) is 6.26 Å². The average Bonchev–Trinajstić information content (AvgIpc) is 2.76. The Morgan fingerprint density at radius 3 is 2.75 bits per heavy atom. The summed E-state index contributed by atoms with van der Waals surface area (Å²) < 4.78 is 28.0. The number of rotatable bonds is 5. The van der Waals surface area contributed by atoms with Crippen molar-refractivity contribution in [3.63, 3.8) is 0 Å². The van der Waals surface area contributed by atoms with Crippen LogP contribution in [0.1, 0.15) is 11.7 Å². The van der Waals surface area contributed by atoms with Crippen LogP contribution in [0.4, 0.5) is 11.4 Å². The summed E-state index contributed by atoms with van der Waals surface area (Å²) in [6.45, 7) is 2.24. The van der Waals surface area contributed by atoms with E-state index in [-0.39, 0.29) is 10.6 Å². The minimum atomic E-state index is -3.33. The van der Waals surface area contributed by atoms with E-state index in [2.05, 4.69) is 15.5 Å². The first kappa shape index (κ1) is 14.3. The Balaban J connectivity index is 2.07. The Morgan fingerprint density at radius 2 is 2.15 bits per heavy atom.